The molecule has 0 fully saturated rings. The number of aromatic carboxylic acids is 1. The average molecular weight is 287 g/mol. The predicted octanol–water partition coefficient (Wildman–Crippen LogP) is 3.86. The van der Waals surface area contributed by atoms with Crippen molar-refractivity contribution in [2.45, 2.75) is 6.61 Å². The molecule has 0 spiro atoms. The number of carbonyl (C=O) groups is 1. The van der Waals surface area contributed by atoms with Crippen molar-refractivity contribution in [3.63, 3.8) is 0 Å². The highest BCUT2D eigenvalue weighted by Gasteiger charge is 2.14. The van der Waals surface area contributed by atoms with Gasteiger partial charge in [0.05, 0.1) is 11.3 Å². The number of hydrogen-bond donors (Lipinski definition) is 1. The summed E-state index contributed by atoms with van der Waals surface area (Å²) < 4.78 is 10.2. The molecule has 0 aliphatic carbocycles. The molecule has 0 unspecified atom stereocenters. The summed E-state index contributed by atoms with van der Waals surface area (Å²) in [5.41, 5.74) is 0.429. The Morgan fingerprint density at radius 2 is 2.11 bits per heavy atom. The number of hydrogen-bond acceptors (Lipinski definition) is 3. The van der Waals surface area contributed by atoms with Crippen LogP contribution >= 0.6 is 23.2 Å². The van der Waals surface area contributed by atoms with Crippen LogP contribution in [0.25, 0.3) is 0 Å². The van der Waals surface area contributed by atoms with Crippen molar-refractivity contribution in [3.05, 3.63) is 51.9 Å². The normalized spacial score (nSPS) is 10.3. The Bertz CT molecular complexity index is 577. The summed E-state index contributed by atoms with van der Waals surface area (Å²) in [5, 5.41) is 9.74. The van der Waals surface area contributed by atoms with Gasteiger partial charge in [-0.1, -0.05) is 23.2 Å². The molecule has 0 saturated carbocycles. The number of carboxylic acids is 1. The highest BCUT2D eigenvalue weighted by molar-refractivity contribution is 6.34. The van der Waals surface area contributed by atoms with Crippen LogP contribution in [-0.4, -0.2) is 11.1 Å². The van der Waals surface area contributed by atoms with E-state index in [1.165, 1.54) is 12.3 Å². The number of rotatable bonds is 4. The molecule has 0 amide bonds. The fourth-order valence-corrected chi connectivity index (χ4v) is 1.71. The fourth-order valence-electron chi connectivity index (χ4n) is 1.38. The molecular weight excluding hydrogens is 279 g/mol. The zero-order chi connectivity index (χ0) is 13.1. The minimum absolute atomic E-state index is 0.0399. The van der Waals surface area contributed by atoms with Crippen LogP contribution in [0.15, 0.2) is 34.9 Å². The van der Waals surface area contributed by atoms with Gasteiger partial charge in [0, 0.05) is 16.7 Å². The van der Waals surface area contributed by atoms with E-state index >= 15 is 0 Å². The minimum atomic E-state index is -1.14. The van der Waals surface area contributed by atoms with Gasteiger partial charge in [-0.3, -0.25) is 0 Å². The average Bonchev–Trinajstić information content (AvgIpc) is 2.79. The number of benzene rings is 1. The van der Waals surface area contributed by atoms with Crippen molar-refractivity contribution in [3.8, 4) is 5.75 Å². The maximum atomic E-state index is 10.8. The molecule has 0 atom stereocenters. The topological polar surface area (TPSA) is 59.7 Å². The third-order valence-electron chi connectivity index (χ3n) is 2.22. The van der Waals surface area contributed by atoms with Crippen LogP contribution < -0.4 is 4.74 Å². The second-order valence-electron chi connectivity index (χ2n) is 3.44. The number of carboxylic acid groups (broad SMARTS) is 1. The molecule has 94 valence electrons. The van der Waals surface area contributed by atoms with Gasteiger partial charge in [-0.05, 0) is 18.2 Å². The molecule has 0 bridgehead atoms. The number of furan rings is 1. The summed E-state index contributed by atoms with van der Waals surface area (Å²) in [6, 6.07) is 6.33. The molecule has 1 aromatic heterocycles. The molecule has 0 aliphatic heterocycles. The van der Waals surface area contributed by atoms with Crippen LogP contribution in [-0.2, 0) is 6.61 Å². The van der Waals surface area contributed by atoms with E-state index < -0.39 is 5.97 Å². The Morgan fingerprint density at radius 1 is 1.33 bits per heavy atom. The van der Waals surface area contributed by atoms with Crippen LogP contribution in [0.2, 0.25) is 10.0 Å². The first kappa shape index (κ1) is 12.8. The summed E-state index contributed by atoms with van der Waals surface area (Å²) in [4.78, 5) is 10.8. The molecule has 0 saturated heterocycles. The Balaban J connectivity index is 2.14. The van der Waals surface area contributed by atoms with Crippen LogP contribution in [0.1, 0.15) is 16.1 Å². The van der Waals surface area contributed by atoms with Crippen molar-refractivity contribution in [2.75, 3.05) is 0 Å². The quantitative estimate of drug-likeness (QED) is 0.927. The second kappa shape index (κ2) is 5.33. The SMILES string of the molecule is O=C(O)c1occc1COc1cc(Cl)ccc1Cl. The second-order valence-corrected chi connectivity index (χ2v) is 4.29. The van der Waals surface area contributed by atoms with Crippen molar-refractivity contribution >= 4 is 29.2 Å². The Kier molecular flexibility index (Phi) is 3.79. The maximum absolute atomic E-state index is 10.8. The van der Waals surface area contributed by atoms with E-state index in [1.54, 1.807) is 18.2 Å². The molecule has 1 aromatic carbocycles. The molecule has 0 radical (unpaired) electrons. The zero-order valence-corrected chi connectivity index (χ0v) is 10.5. The molecule has 1 heterocycles. The molecule has 2 aromatic rings. The predicted molar refractivity (Wildman–Crippen MR) is 66.5 cm³/mol. The minimum Gasteiger partial charge on any atom is -0.487 e. The van der Waals surface area contributed by atoms with Crippen LogP contribution in [0, 0.1) is 0 Å². The summed E-state index contributed by atoms with van der Waals surface area (Å²) in [6.07, 6.45) is 1.29. The first-order valence-electron chi connectivity index (χ1n) is 4.95. The lowest BCUT2D eigenvalue weighted by Gasteiger charge is -2.07. The lowest BCUT2D eigenvalue weighted by Crippen LogP contribution is -2.02. The molecule has 6 heteroatoms. The monoisotopic (exact) mass is 286 g/mol. The molecule has 4 nitrogen and oxygen atoms in total. The molecule has 18 heavy (non-hydrogen) atoms. The standard InChI is InChI=1S/C12H8Cl2O4/c13-8-1-2-9(14)10(5-8)18-6-7-3-4-17-11(7)12(15)16/h1-5H,6H2,(H,15,16). The van der Waals surface area contributed by atoms with Gasteiger partial charge in [0.2, 0.25) is 5.76 Å². The highest BCUT2D eigenvalue weighted by Crippen LogP contribution is 2.28. The Labute approximate surface area is 113 Å². The summed E-state index contributed by atoms with van der Waals surface area (Å²) >= 11 is 11.7. The lowest BCUT2D eigenvalue weighted by atomic mass is 10.2. The summed E-state index contributed by atoms with van der Waals surface area (Å²) in [6.45, 7) is 0.0399. The number of halogens is 2. The van der Waals surface area contributed by atoms with Crippen molar-refractivity contribution in [2.24, 2.45) is 0 Å². The van der Waals surface area contributed by atoms with E-state index in [-0.39, 0.29) is 12.4 Å². The van der Waals surface area contributed by atoms with E-state index in [0.29, 0.717) is 21.4 Å². The van der Waals surface area contributed by atoms with E-state index in [9.17, 15) is 4.79 Å². The lowest BCUT2D eigenvalue weighted by molar-refractivity contribution is 0.0658. The van der Waals surface area contributed by atoms with E-state index in [4.69, 9.17) is 37.5 Å². The third-order valence-corrected chi connectivity index (χ3v) is 2.76. The number of ether oxygens (including phenoxy) is 1. The Morgan fingerprint density at radius 3 is 2.83 bits per heavy atom. The van der Waals surface area contributed by atoms with Gasteiger partial charge in [0.1, 0.15) is 12.4 Å². The van der Waals surface area contributed by atoms with Crippen LogP contribution in [0.5, 0.6) is 5.75 Å². The van der Waals surface area contributed by atoms with Gasteiger partial charge in [-0.15, -0.1) is 0 Å². The van der Waals surface area contributed by atoms with E-state index in [2.05, 4.69) is 0 Å². The molecular formula is C12H8Cl2O4. The molecule has 2 rings (SSSR count). The van der Waals surface area contributed by atoms with Gasteiger partial charge < -0.3 is 14.3 Å². The van der Waals surface area contributed by atoms with Crippen LogP contribution in [0.3, 0.4) is 0 Å². The highest BCUT2D eigenvalue weighted by atomic mass is 35.5. The van der Waals surface area contributed by atoms with Crippen molar-refractivity contribution < 1.29 is 19.1 Å². The smallest absolute Gasteiger partial charge is 0.372 e. The van der Waals surface area contributed by atoms with Gasteiger partial charge in [0.15, 0.2) is 0 Å². The molecule has 0 aliphatic rings. The first-order valence-corrected chi connectivity index (χ1v) is 5.71. The van der Waals surface area contributed by atoms with E-state index in [0.717, 1.165) is 0 Å². The van der Waals surface area contributed by atoms with E-state index in [1.807, 2.05) is 0 Å². The maximum Gasteiger partial charge on any atom is 0.372 e. The largest absolute Gasteiger partial charge is 0.487 e. The summed E-state index contributed by atoms with van der Waals surface area (Å²) in [7, 11) is 0. The Hall–Kier alpha value is -1.65. The summed E-state index contributed by atoms with van der Waals surface area (Å²) in [5.74, 6) is -0.898. The van der Waals surface area contributed by atoms with Gasteiger partial charge in [-0.25, -0.2) is 4.79 Å². The van der Waals surface area contributed by atoms with Crippen molar-refractivity contribution in [1.29, 1.82) is 0 Å². The first-order chi connectivity index (χ1) is 8.58. The third kappa shape index (κ3) is 2.78. The molecule has 1 N–H and O–H groups in total. The van der Waals surface area contributed by atoms with Gasteiger partial charge >= 0.3 is 5.97 Å². The van der Waals surface area contributed by atoms with Gasteiger partial charge in [0.25, 0.3) is 0 Å². The van der Waals surface area contributed by atoms with Gasteiger partial charge in [-0.2, -0.15) is 0 Å². The zero-order valence-electron chi connectivity index (χ0n) is 9.02. The van der Waals surface area contributed by atoms with Crippen molar-refractivity contribution in [1.82, 2.24) is 0 Å². The van der Waals surface area contributed by atoms with Crippen LogP contribution in [0.4, 0.5) is 0 Å². The fraction of sp³-hybridized carbons (Fsp3) is 0.0833.